The second-order valence-electron chi connectivity index (χ2n) is 9.95. The number of aliphatic carboxylic acids is 1. The third-order valence-electron chi connectivity index (χ3n) is 7.26. The summed E-state index contributed by atoms with van der Waals surface area (Å²) in [5, 5.41) is 25.9. The van der Waals surface area contributed by atoms with Crippen LogP contribution in [0.1, 0.15) is 41.9 Å². The van der Waals surface area contributed by atoms with Gasteiger partial charge in [-0.1, -0.05) is 48.5 Å². The molecule has 0 saturated carbocycles. The Bertz CT molecular complexity index is 1480. The molecule has 1 aliphatic rings. The van der Waals surface area contributed by atoms with Crippen LogP contribution in [0.15, 0.2) is 60.7 Å². The second kappa shape index (κ2) is 14.7. The third kappa shape index (κ3) is 7.54. The summed E-state index contributed by atoms with van der Waals surface area (Å²) in [6.07, 6.45) is -0.774. The Labute approximate surface area is 253 Å². The van der Waals surface area contributed by atoms with Gasteiger partial charge in [-0.05, 0) is 47.6 Å². The number of hydrogen-bond donors (Lipinski definition) is 3. The molecular weight excluding hydrogens is 574 g/mol. The summed E-state index contributed by atoms with van der Waals surface area (Å²) >= 11 is 0. The second-order valence-corrected chi connectivity index (χ2v) is 9.95. The minimum atomic E-state index is -1.21. The highest BCUT2D eigenvalue weighted by Crippen LogP contribution is 2.44. The molecule has 0 bridgehead atoms. The first-order valence-corrected chi connectivity index (χ1v) is 13.9. The largest absolute Gasteiger partial charge is 0.493 e. The lowest BCUT2D eigenvalue weighted by atomic mass is 9.98. The summed E-state index contributed by atoms with van der Waals surface area (Å²) in [7, 11) is 2.73. The van der Waals surface area contributed by atoms with E-state index in [2.05, 4.69) is 10.6 Å². The average molecular weight is 608 g/mol. The maximum atomic E-state index is 12.5. The van der Waals surface area contributed by atoms with Crippen molar-refractivity contribution in [2.75, 3.05) is 27.4 Å². The zero-order chi connectivity index (χ0) is 31.6. The van der Waals surface area contributed by atoms with Crippen molar-refractivity contribution in [2.45, 2.75) is 37.8 Å². The summed E-state index contributed by atoms with van der Waals surface area (Å²) in [6, 6.07) is 17.2. The molecule has 0 saturated heterocycles. The van der Waals surface area contributed by atoms with Gasteiger partial charge in [-0.25, -0.2) is 14.4 Å². The van der Waals surface area contributed by atoms with Gasteiger partial charge >= 0.3 is 18.2 Å². The van der Waals surface area contributed by atoms with Crippen LogP contribution in [0.5, 0.6) is 11.5 Å². The summed E-state index contributed by atoms with van der Waals surface area (Å²) in [4.78, 5) is 47.2. The number of ether oxygens (including phenoxy) is 4. The number of alkyl carbamates (subject to hydrolysis) is 2. The Morgan fingerprint density at radius 1 is 0.909 bits per heavy atom. The molecule has 232 valence electrons. The number of nitrogens with zero attached hydrogens (tertiary/aromatic N) is 1. The SMILES string of the molecule is COc1cc(COC(=O)NCCCC[C@H](NC(=O)OCC2c3ccccc3-c3ccccc32)C(=O)O)c([N+](=O)[O-])cc1OC. The van der Waals surface area contributed by atoms with Gasteiger partial charge < -0.3 is 34.7 Å². The summed E-state index contributed by atoms with van der Waals surface area (Å²) in [5.41, 5.74) is 4.08. The van der Waals surface area contributed by atoms with Crippen LogP contribution >= 0.6 is 0 Å². The average Bonchev–Trinajstić information content (AvgIpc) is 3.34. The standard InChI is InChI=1S/C31H33N3O10/c1-41-27-15-19(26(34(39)40)16-28(27)42-2)17-43-30(37)32-14-8-7-13-25(29(35)36)33-31(38)44-18-24-22-11-5-3-9-20(22)21-10-4-6-12-23(21)24/h3-6,9-12,15-16,24-25H,7-8,13-14,17-18H2,1-2H3,(H,32,37)(H,33,38)(H,35,36)/t25-/m0/s1. The first-order chi connectivity index (χ1) is 21.2. The highest BCUT2D eigenvalue weighted by Gasteiger charge is 2.30. The van der Waals surface area contributed by atoms with Crippen molar-refractivity contribution >= 4 is 23.8 Å². The number of rotatable bonds is 14. The lowest BCUT2D eigenvalue weighted by Crippen LogP contribution is -2.41. The van der Waals surface area contributed by atoms with Crippen LogP contribution in [0, 0.1) is 10.1 Å². The molecule has 44 heavy (non-hydrogen) atoms. The van der Waals surface area contributed by atoms with Gasteiger partial charge in [0.25, 0.3) is 5.69 Å². The predicted molar refractivity (Wildman–Crippen MR) is 158 cm³/mol. The molecule has 1 aliphatic carbocycles. The number of carbonyl (C=O) groups is 3. The van der Waals surface area contributed by atoms with Gasteiger partial charge in [-0.2, -0.15) is 0 Å². The zero-order valence-corrected chi connectivity index (χ0v) is 24.2. The van der Waals surface area contributed by atoms with Crippen molar-refractivity contribution in [2.24, 2.45) is 0 Å². The monoisotopic (exact) mass is 607 g/mol. The number of nitro benzene ring substituents is 1. The molecule has 0 fully saturated rings. The van der Waals surface area contributed by atoms with E-state index in [0.29, 0.717) is 12.8 Å². The lowest BCUT2D eigenvalue weighted by molar-refractivity contribution is -0.385. The van der Waals surface area contributed by atoms with Gasteiger partial charge in [0, 0.05) is 12.5 Å². The molecule has 0 aromatic heterocycles. The predicted octanol–water partition coefficient (Wildman–Crippen LogP) is 5.00. The topological polar surface area (TPSA) is 176 Å². The number of hydrogen-bond acceptors (Lipinski definition) is 9. The first-order valence-electron chi connectivity index (χ1n) is 13.9. The molecule has 0 spiro atoms. The van der Waals surface area contributed by atoms with Crippen molar-refractivity contribution in [3.05, 3.63) is 87.5 Å². The first kappa shape index (κ1) is 31.6. The summed E-state index contributed by atoms with van der Waals surface area (Å²) in [6.45, 7) is -0.164. The van der Waals surface area contributed by atoms with Crippen LogP contribution in [-0.4, -0.2) is 61.6 Å². The number of nitrogens with one attached hydrogen (secondary N) is 2. The minimum absolute atomic E-state index is 0.0602. The highest BCUT2D eigenvalue weighted by atomic mass is 16.6. The number of methoxy groups -OCH3 is 2. The Morgan fingerprint density at radius 3 is 2.11 bits per heavy atom. The Balaban J connectivity index is 1.19. The van der Waals surface area contributed by atoms with Crippen LogP contribution in [0.2, 0.25) is 0 Å². The molecule has 3 aromatic carbocycles. The van der Waals surface area contributed by atoms with E-state index in [0.717, 1.165) is 22.3 Å². The Morgan fingerprint density at radius 2 is 1.52 bits per heavy atom. The molecule has 1 atom stereocenters. The van der Waals surface area contributed by atoms with Crippen LogP contribution in [0.4, 0.5) is 15.3 Å². The number of carboxylic acid groups (broad SMARTS) is 1. The molecule has 3 aromatic rings. The summed E-state index contributed by atoms with van der Waals surface area (Å²) < 4.78 is 20.8. The number of fused-ring (bicyclic) bond motifs is 3. The van der Waals surface area contributed by atoms with E-state index < -0.39 is 29.1 Å². The minimum Gasteiger partial charge on any atom is -0.493 e. The maximum Gasteiger partial charge on any atom is 0.407 e. The van der Waals surface area contributed by atoms with Crippen molar-refractivity contribution in [1.29, 1.82) is 0 Å². The normalized spacial score (nSPS) is 12.3. The molecule has 0 unspecified atom stereocenters. The van der Waals surface area contributed by atoms with E-state index in [9.17, 15) is 29.6 Å². The van der Waals surface area contributed by atoms with Crippen molar-refractivity contribution in [3.8, 4) is 22.6 Å². The van der Waals surface area contributed by atoms with Gasteiger partial charge in [0.1, 0.15) is 19.3 Å². The molecule has 0 radical (unpaired) electrons. The van der Waals surface area contributed by atoms with Crippen molar-refractivity contribution in [3.63, 3.8) is 0 Å². The molecule has 13 heteroatoms. The number of benzene rings is 3. The van der Waals surface area contributed by atoms with Crippen LogP contribution in [0.25, 0.3) is 11.1 Å². The molecule has 0 heterocycles. The van der Waals surface area contributed by atoms with Gasteiger partial charge in [0.05, 0.1) is 30.8 Å². The van der Waals surface area contributed by atoms with E-state index in [-0.39, 0.29) is 54.8 Å². The lowest BCUT2D eigenvalue weighted by Gasteiger charge is -2.17. The Kier molecular flexibility index (Phi) is 10.6. The van der Waals surface area contributed by atoms with Crippen LogP contribution in [-0.2, 0) is 20.9 Å². The smallest absolute Gasteiger partial charge is 0.407 e. The van der Waals surface area contributed by atoms with Gasteiger partial charge in [-0.15, -0.1) is 0 Å². The van der Waals surface area contributed by atoms with Gasteiger partial charge in [-0.3, -0.25) is 10.1 Å². The number of carboxylic acids is 1. The third-order valence-corrected chi connectivity index (χ3v) is 7.26. The molecule has 3 N–H and O–H groups in total. The molecule has 4 rings (SSSR count). The van der Waals surface area contributed by atoms with E-state index in [1.54, 1.807) is 0 Å². The maximum absolute atomic E-state index is 12.5. The number of amides is 2. The number of carbonyl (C=O) groups excluding carboxylic acids is 2. The van der Waals surface area contributed by atoms with Gasteiger partial charge in [0.15, 0.2) is 11.5 Å². The van der Waals surface area contributed by atoms with E-state index >= 15 is 0 Å². The highest BCUT2D eigenvalue weighted by molar-refractivity contribution is 5.81. The molecule has 0 aliphatic heterocycles. The molecule has 13 nitrogen and oxygen atoms in total. The molecule has 2 amide bonds. The van der Waals surface area contributed by atoms with Crippen molar-refractivity contribution in [1.82, 2.24) is 10.6 Å². The van der Waals surface area contributed by atoms with E-state index in [1.807, 2.05) is 48.5 Å². The number of unbranched alkanes of at least 4 members (excludes halogenated alkanes) is 1. The summed E-state index contributed by atoms with van der Waals surface area (Å²) in [5.74, 6) is -0.945. The van der Waals surface area contributed by atoms with Crippen LogP contribution in [0.3, 0.4) is 0 Å². The van der Waals surface area contributed by atoms with E-state index in [1.165, 1.54) is 26.4 Å². The Hall–Kier alpha value is -5.33. The van der Waals surface area contributed by atoms with Crippen molar-refractivity contribution < 1.29 is 43.4 Å². The fraction of sp³-hybridized carbons (Fsp3) is 0.323. The fourth-order valence-corrected chi connectivity index (χ4v) is 5.09. The van der Waals surface area contributed by atoms with Gasteiger partial charge in [0.2, 0.25) is 0 Å². The number of nitro groups is 1. The van der Waals surface area contributed by atoms with E-state index in [4.69, 9.17) is 18.9 Å². The molecular formula is C31H33N3O10. The zero-order valence-electron chi connectivity index (χ0n) is 24.2. The quantitative estimate of drug-likeness (QED) is 0.128. The van der Waals surface area contributed by atoms with Crippen LogP contribution < -0.4 is 20.1 Å². The fourth-order valence-electron chi connectivity index (χ4n) is 5.09.